The third kappa shape index (κ3) is 5.59. The first-order valence-corrected chi connectivity index (χ1v) is 11.0. The van der Waals surface area contributed by atoms with Crippen LogP contribution in [0.5, 0.6) is 5.75 Å². The first-order valence-electron chi connectivity index (χ1n) is 11.0. The van der Waals surface area contributed by atoms with Gasteiger partial charge in [0.15, 0.2) is 0 Å². The Kier molecular flexibility index (Phi) is 7.93. The lowest BCUT2D eigenvalue weighted by Crippen LogP contribution is -2.38. The highest BCUT2D eigenvalue weighted by atomic mass is 16.3. The van der Waals surface area contributed by atoms with E-state index < -0.39 is 0 Å². The molecule has 28 heavy (non-hydrogen) atoms. The zero-order valence-corrected chi connectivity index (χ0v) is 17.3. The zero-order chi connectivity index (χ0) is 19.8. The number of nitrogens with zero attached hydrogens (tertiary/aromatic N) is 1. The van der Waals surface area contributed by atoms with Crippen LogP contribution in [0.2, 0.25) is 0 Å². The highest BCUT2D eigenvalue weighted by molar-refractivity contribution is 5.38. The molecule has 1 fully saturated rings. The quantitative estimate of drug-likeness (QED) is 0.652. The number of hydrogen-bond donors (Lipinski definition) is 2. The highest BCUT2D eigenvalue weighted by Gasteiger charge is 2.26. The topological polar surface area (TPSA) is 49.5 Å². The Morgan fingerprint density at radius 1 is 1.00 bits per heavy atom. The van der Waals surface area contributed by atoms with Gasteiger partial charge in [-0.1, -0.05) is 49.4 Å². The zero-order valence-electron chi connectivity index (χ0n) is 17.3. The summed E-state index contributed by atoms with van der Waals surface area (Å²) in [6, 6.07) is 17.7. The molecule has 1 aliphatic carbocycles. The van der Waals surface area contributed by atoms with Gasteiger partial charge in [-0.2, -0.15) is 0 Å². The summed E-state index contributed by atoms with van der Waals surface area (Å²) in [5.41, 5.74) is 9.51. The average molecular weight is 381 g/mol. The molecule has 2 aromatic carbocycles. The molecule has 0 saturated heterocycles. The number of benzene rings is 2. The van der Waals surface area contributed by atoms with Gasteiger partial charge in [-0.05, 0) is 93.3 Å². The molecule has 3 nitrogen and oxygen atoms in total. The highest BCUT2D eigenvalue weighted by Crippen LogP contribution is 2.36. The largest absolute Gasteiger partial charge is 0.508 e. The number of phenols is 1. The third-order valence-electron chi connectivity index (χ3n) is 6.36. The molecule has 1 aliphatic rings. The lowest BCUT2D eigenvalue weighted by Gasteiger charge is -2.36. The first kappa shape index (κ1) is 20.9. The Balaban J connectivity index is 1.50. The van der Waals surface area contributed by atoms with Gasteiger partial charge >= 0.3 is 0 Å². The van der Waals surface area contributed by atoms with Crippen molar-refractivity contribution in [2.75, 3.05) is 19.6 Å². The van der Waals surface area contributed by atoms with Gasteiger partial charge in [0.05, 0.1) is 0 Å². The minimum absolute atomic E-state index is 0.387. The fourth-order valence-corrected chi connectivity index (χ4v) is 4.72. The number of phenolic OH excluding ortho intramolecular Hbond substituents is 1. The molecule has 3 rings (SSSR count). The van der Waals surface area contributed by atoms with Crippen LogP contribution in [0.1, 0.15) is 61.6 Å². The van der Waals surface area contributed by atoms with Crippen molar-refractivity contribution in [3.05, 3.63) is 65.2 Å². The number of rotatable bonds is 9. The number of aryl methyl sites for hydroxylation is 1. The second-order valence-corrected chi connectivity index (χ2v) is 8.15. The molecule has 2 aromatic rings. The fraction of sp³-hybridized carbons (Fsp3) is 0.520. The van der Waals surface area contributed by atoms with Crippen molar-refractivity contribution in [1.82, 2.24) is 4.90 Å². The maximum atomic E-state index is 10.0. The molecule has 0 bridgehead atoms. The monoisotopic (exact) mass is 380 g/mol. The maximum absolute atomic E-state index is 10.0. The Morgan fingerprint density at radius 3 is 2.43 bits per heavy atom. The van der Waals surface area contributed by atoms with Crippen molar-refractivity contribution in [3.8, 4) is 5.75 Å². The molecule has 0 amide bonds. The molecule has 0 radical (unpaired) electrons. The van der Waals surface area contributed by atoms with Crippen LogP contribution >= 0.6 is 0 Å². The van der Waals surface area contributed by atoms with Gasteiger partial charge in [-0.3, -0.25) is 0 Å². The van der Waals surface area contributed by atoms with Crippen LogP contribution in [-0.4, -0.2) is 35.7 Å². The molecular weight excluding hydrogens is 344 g/mol. The van der Waals surface area contributed by atoms with Crippen molar-refractivity contribution in [2.24, 2.45) is 5.73 Å². The lowest BCUT2D eigenvalue weighted by atomic mass is 9.80. The second-order valence-electron chi connectivity index (χ2n) is 8.15. The minimum atomic E-state index is 0.387. The van der Waals surface area contributed by atoms with E-state index in [1.807, 2.05) is 6.07 Å². The van der Waals surface area contributed by atoms with E-state index in [2.05, 4.69) is 54.3 Å². The molecule has 3 heteroatoms. The summed E-state index contributed by atoms with van der Waals surface area (Å²) in [4.78, 5) is 2.69. The van der Waals surface area contributed by atoms with Gasteiger partial charge in [0.2, 0.25) is 0 Å². The van der Waals surface area contributed by atoms with Gasteiger partial charge in [-0.15, -0.1) is 0 Å². The number of nitrogens with two attached hydrogens (primary N) is 1. The van der Waals surface area contributed by atoms with Crippen LogP contribution in [0.4, 0.5) is 0 Å². The molecule has 1 saturated carbocycles. The smallest absolute Gasteiger partial charge is 0.118 e. The fourth-order valence-electron chi connectivity index (χ4n) is 4.72. The van der Waals surface area contributed by atoms with Crippen molar-refractivity contribution in [1.29, 1.82) is 0 Å². The summed E-state index contributed by atoms with van der Waals surface area (Å²) in [6.45, 7) is 5.22. The molecule has 3 N–H and O–H groups in total. The predicted molar refractivity (Wildman–Crippen MR) is 118 cm³/mol. The van der Waals surface area contributed by atoms with Crippen molar-refractivity contribution >= 4 is 0 Å². The standard InChI is InChI=1S/C25H36N2O/c1-2-27(18-6-9-20-7-4-3-5-8-20)24-13-10-21(11-14-24)22-12-15-25(28)23(19-22)16-17-26/h3-5,7-8,12,15,19,21,24,28H,2,6,9-11,13-14,16-18,26H2,1H3. The van der Waals surface area contributed by atoms with Gasteiger partial charge in [-0.25, -0.2) is 0 Å². The van der Waals surface area contributed by atoms with E-state index in [-0.39, 0.29) is 0 Å². The molecule has 0 atom stereocenters. The molecule has 0 spiro atoms. The van der Waals surface area contributed by atoms with Crippen molar-refractivity contribution in [2.45, 2.75) is 63.8 Å². The third-order valence-corrected chi connectivity index (χ3v) is 6.36. The van der Waals surface area contributed by atoms with Crippen molar-refractivity contribution in [3.63, 3.8) is 0 Å². The number of aromatic hydroxyl groups is 1. The molecule has 0 unspecified atom stereocenters. The lowest BCUT2D eigenvalue weighted by molar-refractivity contribution is 0.154. The summed E-state index contributed by atoms with van der Waals surface area (Å²) in [7, 11) is 0. The van der Waals surface area contributed by atoms with Crippen LogP contribution in [0.25, 0.3) is 0 Å². The van der Waals surface area contributed by atoms with E-state index in [4.69, 9.17) is 5.73 Å². The summed E-state index contributed by atoms with van der Waals surface area (Å²) in [5.74, 6) is 1.01. The summed E-state index contributed by atoms with van der Waals surface area (Å²) >= 11 is 0. The summed E-state index contributed by atoms with van der Waals surface area (Å²) < 4.78 is 0. The van der Waals surface area contributed by atoms with E-state index in [1.165, 1.54) is 56.2 Å². The minimum Gasteiger partial charge on any atom is -0.508 e. The second kappa shape index (κ2) is 10.6. The Labute approximate surface area is 170 Å². The first-order chi connectivity index (χ1) is 13.7. The molecule has 0 aliphatic heterocycles. The number of hydrogen-bond acceptors (Lipinski definition) is 3. The van der Waals surface area contributed by atoms with Gasteiger partial charge in [0, 0.05) is 6.04 Å². The van der Waals surface area contributed by atoms with Crippen LogP contribution in [0, 0.1) is 0 Å². The van der Waals surface area contributed by atoms with E-state index in [1.54, 1.807) is 0 Å². The molecule has 0 heterocycles. The van der Waals surface area contributed by atoms with E-state index in [0.29, 0.717) is 18.2 Å². The maximum Gasteiger partial charge on any atom is 0.118 e. The average Bonchev–Trinajstić information content (AvgIpc) is 2.74. The van der Waals surface area contributed by atoms with E-state index in [0.717, 1.165) is 24.6 Å². The van der Waals surface area contributed by atoms with Gasteiger partial charge in [0.25, 0.3) is 0 Å². The van der Waals surface area contributed by atoms with Gasteiger partial charge < -0.3 is 15.7 Å². The van der Waals surface area contributed by atoms with Crippen LogP contribution < -0.4 is 5.73 Å². The van der Waals surface area contributed by atoms with E-state index >= 15 is 0 Å². The van der Waals surface area contributed by atoms with Crippen LogP contribution in [0.3, 0.4) is 0 Å². The SMILES string of the molecule is CCN(CCCc1ccccc1)C1CCC(c2ccc(O)c(CCN)c2)CC1. The molecule has 0 aromatic heterocycles. The van der Waals surface area contributed by atoms with E-state index in [9.17, 15) is 5.11 Å². The van der Waals surface area contributed by atoms with Crippen LogP contribution in [-0.2, 0) is 12.8 Å². The Morgan fingerprint density at radius 2 is 1.75 bits per heavy atom. The summed E-state index contributed by atoms with van der Waals surface area (Å²) in [5, 5.41) is 10.0. The Bertz CT molecular complexity index is 708. The predicted octanol–water partition coefficient (Wildman–Crippen LogP) is 4.87. The Hall–Kier alpha value is -1.84. The summed E-state index contributed by atoms with van der Waals surface area (Å²) in [6.07, 6.45) is 8.19. The van der Waals surface area contributed by atoms with Gasteiger partial charge in [0.1, 0.15) is 5.75 Å². The molecule has 152 valence electrons. The normalized spacial score (nSPS) is 19.8. The van der Waals surface area contributed by atoms with Crippen molar-refractivity contribution < 1.29 is 5.11 Å². The van der Waals surface area contributed by atoms with Crippen LogP contribution in [0.15, 0.2) is 48.5 Å². The molecular formula is C25H36N2O.